The van der Waals surface area contributed by atoms with Gasteiger partial charge >= 0.3 is 0 Å². The standard InChI is InChI=1S/C21H29N3O3.HI/c1-2-6-18(7-3-1)16-24-21(23-12-9-19-8-4-13-26-19)22-11-5-14-27-20-10-15-25-17-20;/h1-4,6-8,13,20H,5,9-12,14-17H2,(H2,22,23,24);1H. The molecule has 7 heteroatoms. The lowest BCUT2D eigenvalue weighted by Crippen LogP contribution is -2.39. The van der Waals surface area contributed by atoms with Crippen LogP contribution in [-0.4, -0.2) is 45.0 Å². The number of halogens is 1. The van der Waals surface area contributed by atoms with Gasteiger partial charge in [-0.2, -0.15) is 0 Å². The highest BCUT2D eigenvalue weighted by atomic mass is 127. The third-order valence-electron chi connectivity index (χ3n) is 4.36. The maximum Gasteiger partial charge on any atom is 0.191 e. The Bertz CT molecular complexity index is 659. The minimum absolute atomic E-state index is 0. The summed E-state index contributed by atoms with van der Waals surface area (Å²) in [4.78, 5) is 4.69. The maximum atomic E-state index is 5.81. The van der Waals surface area contributed by atoms with Gasteiger partial charge in [0.1, 0.15) is 5.76 Å². The molecule has 28 heavy (non-hydrogen) atoms. The molecule has 1 aliphatic rings. The topological polar surface area (TPSA) is 68.0 Å². The van der Waals surface area contributed by atoms with Crippen LogP contribution in [0.25, 0.3) is 0 Å². The predicted molar refractivity (Wildman–Crippen MR) is 121 cm³/mol. The van der Waals surface area contributed by atoms with Gasteiger partial charge in [0, 0.05) is 32.7 Å². The number of nitrogens with one attached hydrogen (secondary N) is 2. The predicted octanol–water partition coefficient (Wildman–Crippen LogP) is 3.37. The monoisotopic (exact) mass is 499 g/mol. The number of guanidine groups is 1. The fourth-order valence-corrected chi connectivity index (χ4v) is 2.86. The number of furan rings is 1. The second-order valence-electron chi connectivity index (χ2n) is 6.54. The van der Waals surface area contributed by atoms with Crippen LogP contribution in [0.15, 0.2) is 58.1 Å². The highest BCUT2D eigenvalue weighted by molar-refractivity contribution is 14.0. The second kappa shape index (κ2) is 13.6. The van der Waals surface area contributed by atoms with E-state index in [-0.39, 0.29) is 30.1 Å². The highest BCUT2D eigenvalue weighted by Crippen LogP contribution is 2.08. The third kappa shape index (κ3) is 8.62. The van der Waals surface area contributed by atoms with Crippen molar-refractivity contribution in [3.05, 3.63) is 60.1 Å². The number of hydrogen-bond acceptors (Lipinski definition) is 4. The van der Waals surface area contributed by atoms with Gasteiger partial charge in [-0.05, 0) is 30.5 Å². The van der Waals surface area contributed by atoms with Crippen molar-refractivity contribution < 1.29 is 13.9 Å². The Morgan fingerprint density at radius 2 is 1.96 bits per heavy atom. The first-order chi connectivity index (χ1) is 13.4. The molecule has 1 aliphatic heterocycles. The largest absolute Gasteiger partial charge is 0.469 e. The van der Waals surface area contributed by atoms with Gasteiger partial charge in [-0.15, -0.1) is 24.0 Å². The van der Waals surface area contributed by atoms with Crippen LogP contribution in [0.4, 0.5) is 0 Å². The zero-order chi connectivity index (χ0) is 18.6. The summed E-state index contributed by atoms with van der Waals surface area (Å²) in [5.74, 6) is 1.78. The molecule has 1 fully saturated rings. The molecule has 2 N–H and O–H groups in total. The Labute approximate surface area is 184 Å². The SMILES string of the molecule is I.c1ccc(CN=C(NCCCOC2CCOC2)NCCc2ccco2)cc1. The Morgan fingerprint density at radius 1 is 1.11 bits per heavy atom. The zero-order valence-corrected chi connectivity index (χ0v) is 18.5. The summed E-state index contributed by atoms with van der Waals surface area (Å²) in [6.07, 6.45) is 4.73. The van der Waals surface area contributed by atoms with Crippen LogP contribution >= 0.6 is 24.0 Å². The van der Waals surface area contributed by atoms with Gasteiger partial charge in [0.2, 0.25) is 0 Å². The van der Waals surface area contributed by atoms with E-state index in [0.717, 1.165) is 63.9 Å². The van der Waals surface area contributed by atoms with E-state index < -0.39 is 0 Å². The number of nitrogens with zero attached hydrogens (tertiary/aromatic N) is 1. The fraction of sp³-hybridized carbons (Fsp3) is 0.476. The summed E-state index contributed by atoms with van der Waals surface area (Å²) in [6, 6.07) is 14.2. The van der Waals surface area contributed by atoms with Crippen molar-refractivity contribution in [3.63, 3.8) is 0 Å². The lowest BCUT2D eigenvalue weighted by Gasteiger charge is -2.13. The van der Waals surface area contributed by atoms with E-state index >= 15 is 0 Å². The van der Waals surface area contributed by atoms with Crippen LogP contribution < -0.4 is 10.6 Å². The average molecular weight is 499 g/mol. The van der Waals surface area contributed by atoms with Crippen molar-refractivity contribution in [1.82, 2.24) is 10.6 Å². The minimum atomic E-state index is 0. The van der Waals surface area contributed by atoms with E-state index in [1.54, 1.807) is 6.26 Å². The molecule has 1 unspecified atom stereocenters. The molecule has 1 atom stereocenters. The summed E-state index contributed by atoms with van der Waals surface area (Å²) >= 11 is 0. The van der Waals surface area contributed by atoms with Gasteiger partial charge in [0.15, 0.2) is 5.96 Å². The van der Waals surface area contributed by atoms with E-state index in [9.17, 15) is 0 Å². The Balaban J connectivity index is 0.00000280. The number of benzene rings is 1. The van der Waals surface area contributed by atoms with Crippen LogP contribution in [0.2, 0.25) is 0 Å². The second-order valence-corrected chi connectivity index (χ2v) is 6.54. The summed E-state index contributed by atoms with van der Waals surface area (Å²) < 4.78 is 16.5. The molecule has 2 aromatic rings. The molecule has 2 heterocycles. The molecule has 1 aromatic heterocycles. The van der Waals surface area contributed by atoms with E-state index in [1.807, 2.05) is 30.3 Å². The molecule has 3 rings (SSSR count). The molecule has 1 saturated heterocycles. The molecule has 0 spiro atoms. The number of hydrogen-bond donors (Lipinski definition) is 2. The van der Waals surface area contributed by atoms with Crippen molar-refractivity contribution in [2.75, 3.05) is 32.9 Å². The lowest BCUT2D eigenvalue weighted by molar-refractivity contribution is 0.0420. The van der Waals surface area contributed by atoms with Crippen molar-refractivity contribution >= 4 is 29.9 Å². The smallest absolute Gasteiger partial charge is 0.191 e. The van der Waals surface area contributed by atoms with Gasteiger partial charge < -0.3 is 24.5 Å². The average Bonchev–Trinajstić information content (AvgIpc) is 3.40. The van der Waals surface area contributed by atoms with Crippen molar-refractivity contribution in [1.29, 1.82) is 0 Å². The molecule has 0 radical (unpaired) electrons. The zero-order valence-electron chi connectivity index (χ0n) is 16.1. The van der Waals surface area contributed by atoms with Gasteiger partial charge in [-0.25, -0.2) is 4.99 Å². The van der Waals surface area contributed by atoms with Crippen LogP contribution in [0.1, 0.15) is 24.2 Å². The first-order valence-corrected chi connectivity index (χ1v) is 9.68. The van der Waals surface area contributed by atoms with Crippen LogP contribution in [-0.2, 0) is 22.4 Å². The molecular formula is C21H30IN3O3. The summed E-state index contributed by atoms with van der Waals surface area (Å²) in [5, 5.41) is 6.77. The van der Waals surface area contributed by atoms with E-state index in [1.165, 1.54) is 5.56 Å². The molecule has 0 bridgehead atoms. The third-order valence-corrected chi connectivity index (χ3v) is 4.36. The van der Waals surface area contributed by atoms with E-state index in [2.05, 4.69) is 22.8 Å². The molecule has 1 aromatic carbocycles. The molecule has 0 amide bonds. The van der Waals surface area contributed by atoms with Crippen molar-refractivity contribution in [3.8, 4) is 0 Å². The Morgan fingerprint density at radius 3 is 2.71 bits per heavy atom. The fourth-order valence-electron chi connectivity index (χ4n) is 2.86. The molecule has 6 nitrogen and oxygen atoms in total. The molecule has 154 valence electrons. The van der Waals surface area contributed by atoms with Crippen LogP contribution in [0.3, 0.4) is 0 Å². The first kappa shape index (κ1) is 22.7. The number of ether oxygens (including phenoxy) is 2. The van der Waals surface area contributed by atoms with Crippen LogP contribution in [0.5, 0.6) is 0 Å². The number of aliphatic imine (C=N–C) groups is 1. The van der Waals surface area contributed by atoms with E-state index in [0.29, 0.717) is 6.54 Å². The minimum Gasteiger partial charge on any atom is -0.469 e. The maximum absolute atomic E-state index is 5.81. The van der Waals surface area contributed by atoms with Crippen LogP contribution in [0, 0.1) is 0 Å². The Kier molecular flexibility index (Phi) is 11.0. The molecular weight excluding hydrogens is 469 g/mol. The normalized spacial score (nSPS) is 16.6. The lowest BCUT2D eigenvalue weighted by atomic mass is 10.2. The number of rotatable bonds is 10. The molecule has 0 saturated carbocycles. The first-order valence-electron chi connectivity index (χ1n) is 9.68. The van der Waals surface area contributed by atoms with Crippen molar-refractivity contribution in [2.24, 2.45) is 4.99 Å². The summed E-state index contributed by atoms with van der Waals surface area (Å²) in [6.45, 7) is 4.51. The van der Waals surface area contributed by atoms with Gasteiger partial charge in [0.05, 0.1) is 25.5 Å². The quantitative estimate of drug-likeness (QED) is 0.227. The van der Waals surface area contributed by atoms with Gasteiger partial charge in [0.25, 0.3) is 0 Å². The van der Waals surface area contributed by atoms with E-state index in [4.69, 9.17) is 18.9 Å². The summed E-state index contributed by atoms with van der Waals surface area (Å²) in [7, 11) is 0. The highest BCUT2D eigenvalue weighted by Gasteiger charge is 2.15. The van der Waals surface area contributed by atoms with Gasteiger partial charge in [-0.3, -0.25) is 0 Å². The molecule has 0 aliphatic carbocycles. The van der Waals surface area contributed by atoms with Gasteiger partial charge in [-0.1, -0.05) is 30.3 Å². The summed E-state index contributed by atoms with van der Waals surface area (Å²) in [5.41, 5.74) is 1.19. The Hall–Kier alpha value is -1.58. The van der Waals surface area contributed by atoms with Crippen molar-refractivity contribution in [2.45, 2.75) is 31.9 Å².